The summed E-state index contributed by atoms with van der Waals surface area (Å²) >= 11 is 0. The van der Waals surface area contributed by atoms with Crippen LogP contribution in [0, 0.1) is 11.3 Å². The molecule has 0 aliphatic carbocycles. The zero-order valence-electron chi connectivity index (χ0n) is 10.4. The standard InChI is InChI=1S/C13H27NO/c1-3-5-6-12(4-2)9-13(10-14)7-8-15-11-13/h12H,3-11,14H2,1-2H3. The Morgan fingerprint density at radius 3 is 2.67 bits per heavy atom. The molecule has 0 aromatic heterocycles. The maximum absolute atomic E-state index is 5.92. The quantitative estimate of drug-likeness (QED) is 0.705. The second kappa shape index (κ2) is 6.49. The van der Waals surface area contributed by atoms with E-state index in [1.807, 2.05) is 0 Å². The van der Waals surface area contributed by atoms with E-state index in [4.69, 9.17) is 10.5 Å². The topological polar surface area (TPSA) is 35.2 Å². The van der Waals surface area contributed by atoms with E-state index in [1.54, 1.807) is 0 Å². The molecule has 0 aromatic carbocycles. The largest absolute Gasteiger partial charge is 0.381 e. The Labute approximate surface area is 94.6 Å². The van der Waals surface area contributed by atoms with Gasteiger partial charge in [0.05, 0.1) is 6.61 Å². The van der Waals surface area contributed by atoms with Crippen molar-refractivity contribution in [1.82, 2.24) is 0 Å². The molecule has 1 rings (SSSR count). The number of hydrogen-bond donors (Lipinski definition) is 1. The molecule has 0 radical (unpaired) electrons. The molecule has 1 aliphatic heterocycles. The zero-order chi connectivity index (χ0) is 11.1. The van der Waals surface area contributed by atoms with Gasteiger partial charge < -0.3 is 10.5 Å². The maximum atomic E-state index is 5.92. The lowest BCUT2D eigenvalue weighted by molar-refractivity contribution is 0.134. The Bertz CT molecular complexity index is 164. The molecule has 0 saturated carbocycles. The molecule has 0 bridgehead atoms. The molecule has 1 fully saturated rings. The highest BCUT2D eigenvalue weighted by Gasteiger charge is 2.35. The van der Waals surface area contributed by atoms with Gasteiger partial charge in [-0.3, -0.25) is 0 Å². The van der Waals surface area contributed by atoms with Gasteiger partial charge in [0.25, 0.3) is 0 Å². The third kappa shape index (κ3) is 3.76. The third-order valence-electron chi connectivity index (χ3n) is 3.88. The van der Waals surface area contributed by atoms with E-state index in [0.717, 1.165) is 25.7 Å². The Morgan fingerprint density at radius 2 is 2.20 bits per heavy atom. The SMILES string of the molecule is CCCCC(CC)CC1(CN)CCOC1. The summed E-state index contributed by atoms with van der Waals surface area (Å²) in [5.41, 5.74) is 6.23. The zero-order valence-corrected chi connectivity index (χ0v) is 10.4. The van der Waals surface area contributed by atoms with Gasteiger partial charge in [-0.25, -0.2) is 0 Å². The van der Waals surface area contributed by atoms with Gasteiger partial charge in [0.1, 0.15) is 0 Å². The first kappa shape index (κ1) is 13.0. The van der Waals surface area contributed by atoms with Crippen molar-refractivity contribution in [3.63, 3.8) is 0 Å². The van der Waals surface area contributed by atoms with Crippen LogP contribution in [0.15, 0.2) is 0 Å². The monoisotopic (exact) mass is 213 g/mol. The predicted molar refractivity (Wildman–Crippen MR) is 64.8 cm³/mol. The van der Waals surface area contributed by atoms with Crippen molar-refractivity contribution in [3.05, 3.63) is 0 Å². The summed E-state index contributed by atoms with van der Waals surface area (Å²) in [6.45, 7) is 7.19. The van der Waals surface area contributed by atoms with Crippen LogP contribution in [0.4, 0.5) is 0 Å². The van der Waals surface area contributed by atoms with Gasteiger partial charge in [0, 0.05) is 18.6 Å². The maximum Gasteiger partial charge on any atom is 0.0535 e. The smallest absolute Gasteiger partial charge is 0.0535 e. The van der Waals surface area contributed by atoms with E-state index in [0.29, 0.717) is 5.41 Å². The molecule has 0 spiro atoms. The van der Waals surface area contributed by atoms with Crippen molar-refractivity contribution in [1.29, 1.82) is 0 Å². The van der Waals surface area contributed by atoms with E-state index < -0.39 is 0 Å². The van der Waals surface area contributed by atoms with E-state index in [-0.39, 0.29) is 0 Å². The van der Waals surface area contributed by atoms with Crippen molar-refractivity contribution in [2.24, 2.45) is 17.1 Å². The summed E-state index contributed by atoms with van der Waals surface area (Å²) in [5, 5.41) is 0. The van der Waals surface area contributed by atoms with Gasteiger partial charge in [-0.1, -0.05) is 39.5 Å². The van der Waals surface area contributed by atoms with Crippen molar-refractivity contribution in [2.75, 3.05) is 19.8 Å². The molecule has 2 unspecified atom stereocenters. The summed E-state index contributed by atoms with van der Waals surface area (Å²) in [6.07, 6.45) is 7.78. The Balaban J connectivity index is 2.40. The minimum atomic E-state index is 0.314. The van der Waals surface area contributed by atoms with Crippen LogP contribution in [0.5, 0.6) is 0 Å². The van der Waals surface area contributed by atoms with Crippen molar-refractivity contribution < 1.29 is 4.74 Å². The lowest BCUT2D eigenvalue weighted by Gasteiger charge is -2.30. The lowest BCUT2D eigenvalue weighted by Crippen LogP contribution is -2.33. The third-order valence-corrected chi connectivity index (χ3v) is 3.88. The highest BCUT2D eigenvalue weighted by Crippen LogP contribution is 2.36. The van der Waals surface area contributed by atoms with Gasteiger partial charge in [0.2, 0.25) is 0 Å². The summed E-state index contributed by atoms with van der Waals surface area (Å²) in [7, 11) is 0. The minimum Gasteiger partial charge on any atom is -0.381 e. The van der Waals surface area contributed by atoms with E-state index in [1.165, 1.54) is 38.5 Å². The van der Waals surface area contributed by atoms with Crippen LogP contribution in [0.25, 0.3) is 0 Å². The van der Waals surface area contributed by atoms with Crippen LogP contribution >= 0.6 is 0 Å². The average molecular weight is 213 g/mol. The second-order valence-corrected chi connectivity index (χ2v) is 5.13. The Morgan fingerprint density at radius 1 is 1.40 bits per heavy atom. The van der Waals surface area contributed by atoms with Gasteiger partial charge in [-0.15, -0.1) is 0 Å². The normalized spacial score (nSPS) is 28.2. The molecule has 2 heteroatoms. The fourth-order valence-corrected chi connectivity index (χ4v) is 2.61. The molecule has 2 N–H and O–H groups in total. The molecule has 2 atom stereocenters. The highest BCUT2D eigenvalue weighted by molar-refractivity contribution is 4.86. The summed E-state index contributed by atoms with van der Waals surface area (Å²) in [5.74, 6) is 0.857. The van der Waals surface area contributed by atoms with Crippen LogP contribution in [0.1, 0.15) is 52.4 Å². The molecule has 1 aliphatic rings. The molecule has 1 heterocycles. The first-order valence-electron chi connectivity index (χ1n) is 6.54. The number of hydrogen-bond acceptors (Lipinski definition) is 2. The van der Waals surface area contributed by atoms with Crippen LogP contribution in [0.3, 0.4) is 0 Å². The predicted octanol–water partition coefficient (Wildman–Crippen LogP) is 2.96. The Hall–Kier alpha value is -0.0800. The van der Waals surface area contributed by atoms with Crippen LogP contribution < -0.4 is 5.73 Å². The fraction of sp³-hybridized carbons (Fsp3) is 1.00. The van der Waals surface area contributed by atoms with Crippen LogP contribution in [-0.2, 0) is 4.74 Å². The van der Waals surface area contributed by atoms with E-state index in [9.17, 15) is 0 Å². The first-order valence-corrected chi connectivity index (χ1v) is 6.54. The molecular weight excluding hydrogens is 186 g/mol. The second-order valence-electron chi connectivity index (χ2n) is 5.13. The van der Waals surface area contributed by atoms with Gasteiger partial charge in [0.15, 0.2) is 0 Å². The average Bonchev–Trinajstić information content (AvgIpc) is 2.73. The lowest BCUT2D eigenvalue weighted by atomic mass is 9.76. The molecule has 15 heavy (non-hydrogen) atoms. The molecule has 90 valence electrons. The van der Waals surface area contributed by atoms with Gasteiger partial charge in [-0.05, 0) is 18.8 Å². The van der Waals surface area contributed by atoms with Crippen LogP contribution in [-0.4, -0.2) is 19.8 Å². The summed E-state index contributed by atoms with van der Waals surface area (Å²) < 4.78 is 5.52. The Kier molecular flexibility index (Phi) is 5.62. The number of unbranched alkanes of at least 4 members (excludes halogenated alkanes) is 1. The number of nitrogens with two attached hydrogens (primary N) is 1. The summed E-state index contributed by atoms with van der Waals surface area (Å²) in [6, 6.07) is 0. The van der Waals surface area contributed by atoms with Crippen molar-refractivity contribution in [3.8, 4) is 0 Å². The summed E-state index contributed by atoms with van der Waals surface area (Å²) in [4.78, 5) is 0. The van der Waals surface area contributed by atoms with Gasteiger partial charge >= 0.3 is 0 Å². The molecule has 2 nitrogen and oxygen atoms in total. The van der Waals surface area contributed by atoms with E-state index in [2.05, 4.69) is 13.8 Å². The fourth-order valence-electron chi connectivity index (χ4n) is 2.61. The van der Waals surface area contributed by atoms with Gasteiger partial charge in [-0.2, -0.15) is 0 Å². The number of ether oxygens (including phenoxy) is 1. The number of rotatable bonds is 7. The molecular formula is C13H27NO. The molecule has 0 amide bonds. The minimum absolute atomic E-state index is 0.314. The molecule has 0 aromatic rings. The first-order chi connectivity index (χ1) is 7.26. The molecule has 1 saturated heterocycles. The van der Waals surface area contributed by atoms with Crippen molar-refractivity contribution >= 4 is 0 Å². The van der Waals surface area contributed by atoms with E-state index >= 15 is 0 Å². The van der Waals surface area contributed by atoms with Crippen molar-refractivity contribution in [2.45, 2.75) is 52.4 Å². The highest BCUT2D eigenvalue weighted by atomic mass is 16.5. The van der Waals surface area contributed by atoms with Crippen LogP contribution in [0.2, 0.25) is 0 Å².